The summed E-state index contributed by atoms with van der Waals surface area (Å²) in [5.74, 6) is 4.94. The van der Waals surface area contributed by atoms with Gasteiger partial charge in [0.1, 0.15) is 12.1 Å². The average Bonchev–Trinajstić information content (AvgIpc) is 2.20. The maximum Gasteiger partial charge on any atom is 0.317 e. The van der Waals surface area contributed by atoms with E-state index in [2.05, 4.69) is 21.6 Å². The molecule has 0 aliphatic heterocycles. The van der Waals surface area contributed by atoms with Gasteiger partial charge in [-0.15, -0.1) is 0 Å². The number of esters is 1. The average molecular weight is 210 g/mol. The zero-order valence-corrected chi connectivity index (χ0v) is 8.34. The smallest absolute Gasteiger partial charge is 0.317 e. The molecule has 72 valence electrons. The fraction of sp³-hybridized carbons (Fsp3) is 0.200. The Labute approximate surface area is 87.1 Å². The first-order valence-electron chi connectivity index (χ1n) is 3.90. The van der Waals surface area contributed by atoms with Gasteiger partial charge in [-0.2, -0.15) is 0 Å². The van der Waals surface area contributed by atoms with Crippen LogP contribution in [0.2, 0.25) is 5.02 Å². The first kappa shape index (κ1) is 10.6. The maximum atomic E-state index is 10.7. The molecule has 1 heterocycles. The number of pyridine rings is 1. The van der Waals surface area contributed by atoms with Crippen LogP contribution in [0.15, 0.2) is 18.3 Å². The Bertz CT molecular complexity index is 393. The number of carbonyl (C=O) groups is 1. The predicted molar refractivity (Wildman–Crippen MR) is 52.8 cm³/mol. The highest BCUT2D eigenvalue weighted by Gasteiger charge is 1.96. The van der Waals surface area contributed by atoms with Gasteiger partial charge in [0.25, 0.3) is 0 Å². The zero-order valence-electron chi connectivity index (χ0n) is 7.58. The topological polar surface area (TPSA) is 39.2 Å². The van der Waals surface area contributed by atoms with Crippen LogP contribution in [0.3, 0.4) is 0 Å². The Balaban J connectivity index is 2.68. The lowest BCUT2D eigenvalue weighted by molar-refractivity contribution is -0.139. The van der Waals surface area contributed by atoms with Crippen molar-refractivity contribution in [2.45, 2.75) is 6.42 Å². The van der Waals surface area contributed by atoms with E-state index in [1.807, 2.05) is 0 Å². The molecule has 0 bridgehead atoms. The molecule has 0 saturated carbocycles. The van der Waals surface area contributed by atoms with E-state index in [4.69, 9.17) is 11.6 Å². The van der Waals surface area contributed by atoms with Crippen molar-refractivity contribution < 1.29 is 9.53 Å². The molecule has 1 rings (SSSR count). The largest absolute Gasteiger partial charge is 0.468 e. The van der Waals surface area contributed by atoms with Crippen LogP contribution < -0.4 is 0 Å². The van der Waals surface area contributed by atoms with Crippen LogP contribution in [0, 0.1) is 11.8 Å². The molecule has 0 aliphatic carbocycles. The number of ether oxygens (including phenoxy) is 1. The second-order valence-corrected chi connectivity index (χ2v) is 2.80. The summed E-state index contributed by atoms with van der Waals surface area (Å²) in [5, 5.41) is 0.477. The Hall–Kier alpha value is -1.53. The summed E-state index contributed by atoms with van der Waals surface area (Å²) in [6.07, 6.45) is 1.64. The van der Waals surface area contributed by atoms with E-state index in [-0.39, 0.29) is 12.4 Å². The summed E-state index contributed by atoms with van der Waals surface area (Å²) >= 11 is 5.79. The number of methoxy groups -OCH3 is 1. The lowest BCUT2D eigenvalue weighted by atomic mass is 10.3. The third kappa shape index (κ3) is 3.08. The molecule has 0 saturated heterocycles. The van der Waals surface area contributed by atoms with E-state index in [1.165, 1.54) is 7.11 Å². The molecule has 3 nitrogen and oxygen atoms in total. The summed E-state index contributed by atoms with van der Waals surface area (Å²) in [7, 11) is 1.32. The SMILES string of the molecule is COC(=O)CC#Cc1ncccc1Cl. The molecule has 0 spiro atoms. The number of hydrogen-bond donors (Lipinski definition) is 0. The third-order valence-electron chi connectivity index (χ3n) is 1.43. The van der Waals surface area contributed by atoms with Gasteiger partial charge < -0.3 is 4.74 Å². The zero-order chi connectivity index (χ0) is 10.4. The third-order valence-corrected chi connectivity index (χ3v) is 1.73. The molecular weight excluding hydrogens is 202 g/mol. The van der Waals surface area contributed by atoms with Gasteiger partial charge in [0.2, 0.25) is 0 Å². The van der Waals surface area contributed by atoms with Crippen LogP contribution in [0.4, 0.5) is 0 Å². The van der Waals surface area contributed by atoms with Gasteiger partial charge >= 0.3 is 5.97 Å². The van der Waals surface area contributed by atoms with Crippen LogP contribution in [0.5, 0.6) is 0 Å². The number of hydrogen-bond acceptors (Lipinski definition) is 3. The van der Waals surface area contributed by atoms with Crippen molar-refractivity contribution >= 4 is 17.6 Å². The van der Waals surface area contributed by atoms with Crippen LogP contribution >= 0.6 is 11.6 Å². The summed E-state index contributed by atoms with van der Waals surface area (Å²) in [6, 6.07) is 3.41. The van der Waals surface area contributed by atoms with Crippen LogP contribution in [-0.2, 0) is 9.53 Å². The van der Waals surface area contributed by atoms with Gasteiger partial charge in [0.05, 0.1) is 12.1 Å². The Morgan fingerprint density at radius 1 is 1.71 bits per heavy atom. The van der Waals surface area contributed by atoms with Crippen molar-refractivity contribution in [3.63, 3.8) is 0 Å². The molecule has 0 unspecified atom stereocenters. The van der Waals surface area contributed by atoms with Crippen LogP contribution in [0.1, 0.15) is 12.1 Å². The lowest BCUT2D eigenvalue weighted by Crippen LogP contribution is -1.97. The fourth-order valence-corrected chi connectivity index (χ4v) is 0.919. The molecule has 14 heavy (non-hydrogen) atoms. The minimum Gasteiger partial charge on any atom is -0.468 e. The molecule has 0 radical (unpaired) electrons. The second-order valence-electron chi connectivity index (χ2n) is 2.39. The normalized spacial score (nSPS) is 8.71. The minimum atomic E-state index is -0.371. The maximum absolute atomic E-state index is 10.7. The lowest BCUT2D eigenvalue weighted by Gasteiger charge is -1.92. The monoisotopic (exact) mass is 209 g/mol. The molecule has 0 amide bonds. The van der Waals surface area contributed by atoms with E-state index in [1.54, 1.807) is 18.3 Å². The molecule has 4 heteroatoms. The van der Waals surface area contributed by atoms with Crippen molar-refractivity contribution in [1.82, 2.24) is 4.98 Å². The highest BCUT2D eigenvalue weighted by Crippen LogP contribution is 2.10. The number of nitrogens with zero attached hydrogens (tertiary/aromatic N) is 1. The van der Waals surface area contributed by atoms with E-state index in [9.17, 15) is 4.79 Å². The summed E-state index contributed by atoms with van der Waals surface area (Å²) in [4.78, 5) is 14.7. The van der Waals surface area contributed by atoms with Crippen molar-refractivity contribution in [3.8, 4) is 11.8 Å². The van der Waals surface area contributed by atoms with Gasteiger partial charge in [-0.25, -0.2) is 4.98 Å². The highest BCUT2D eigenvalue weighted by molar-refractivity contribution is 6.31. The number of carbonyl (C=O) groups excluding carboxylic acids is 1. The van der Waals surface area contributed by atoms with E-state index >= 15 is 0 Å². The van der Waals surface area contributed by atoms with Crippen molar-refractivity contribution in [1.29, 1.82) is 0 Å². The van der Waals surface area contributed by atoms with E-state index in [0.29, 0.717) is 10.7 Å². The first-order valence-corrected chi connectivity index (χ1v) is 4.28. The predicted octanol–water partition coefficient (Wildman–Crippen LogP) is 1.65. The second kappa shape index (κ2) is 5.25. The van der Waals surface area contributed by atoms with Gasteiger partial charge in [-0.3, -0.25) is 4.79 Å². The fourth-order valence-electron chi connectivity index (χ4n) is 0.750. The van der Waals surface area contributed by atoms with Gasteiger partial charge in [0, 0.05) is 6.20 Å². The van der Waals surface area contributed by atoms with E-state index < -0.39 is 0 Å². The van der Waals surface area contributed by atoms with Gasteiger partial charge in [-0.1, -0.05) is 17.5 Å². The molecule has 0 N–H and O–H groups in total. The van der Waals surface area contributed by atoms with Crippen molar-refractivity contribution in [2.24, 2.45) is 0 Å². The van der Waals surface area contributed by atoms with Crippen LogP contribution in [-0.4, -0.2) is 18.1 Å². The van der Waals surface area contributed by atoms with Crippen LogP contribution in [0.25, 0.3) is 0 Å². The summed E-state index contributed by atoms with van der Waals surface area (Å²) < 4.78 is 4.42. The molecule has 0 atom stereocenters. The Morgan fingerprint density at radius 2 is 2.50 bits per heavy atom. The number of rotatable bonds is 1. The molecule has 0 aliphatic rings. The molecular formula is C10H8ClNO2. The summed E-state index contributed by atoms with van der Waals surface area (Å²) in [5.41, 5.74) is 0.470. The Morgan fingerprint density at radius 3 is 3.14 bits per heavy atom. The number of halogens is 1. The Kier molecular flexibility index (Phi) is 3.96. The van der Waals surface area contributed by atoms with Crippen molar-refractivity contribution in [2.75, 3.05) is 7.11 Å². The molecule has 0 aromatic carbocycles. The standard InChI is InChI=1S/C10H8ClNO2/c1-14-10(13)6-2-5-9-8(11)4-3-7-12-9/h3-4,7H,6H2,1H3. The van der Waals surface area contributed by atoms with Gasteiger partial charge in [0.15, 0.2) is 0 Å². The van der Waals surface area contributed by atoms with Gasteiger partial charge in [-0.05, 0) is 18.1 Å². The summed E-state index contributed by atoms with van der Waals surface area (Å²) in [6.45, 7) is 0. The molecule has 1 aromatic rings. The highest BCUT2D eigenvalue weighted by atomic mass is 35.5. The minimum absolute atomic E-state index is 0.0450. The first-order chi connectivity index (χ1) is 6.74. The number of aromatic nitrogens is 1. The molecule has 1 aromatic heterocycles. The molecule has 0 fully saturated rings. The quantitative estimate of drug-likeness (QED) is 0.522. The van der Waals surface area contributed by atoms with E-state index in [0.717, 1.165) is 0 Å². The van der Waals surface area contributed by atoms with Crippen molar-refractivity contribution in [3.05, 3.63) is 29.0 Å².